The summed E-state index contributed by atoms with van der Waals surface area (Å²) < 4.78 is 6.08. The number of nitrogens with two attached hydrogens (primary N) is 1. The van der Waals surface area contributed by atoms with Gasteiger partial charge in [-0.3, -0.25) is 9.69 Å². The maximum atomic E-state index is 13.7. The number of hydrogen-bond donors (Lipinski definition) is 1. The highest BCUT2D eigenvalue weighted by molar-refractivity contribution is 6.34. The van der Waals surface area contributed by atoms with Crippen molar-refractivity contribution in [3.8, 4) is 11.5 Å². The van der Waals surface area contributed by atoms with E-state index in [9.17, 15) is 4.79 Å². The fourth-order valence-electron chi connectivity index (χ4n) is 5.63. The van der Waals surface area contributed by atoms with Crippen LogP contribution in [-0.4, -0.2) is 23.8 Å². The van der Waals surface area contributed by atoms with Gasteiger partial charge < -0.3 is 10.5 Å². The summed E-state index contributed by atoms with van der Waals surface area (Å²) in [6, 6.07) is 11.0. The number of fused-ring (bicyclic) bond motifs is 3. The van der Waals surface area contributed by atoms with E-state index in [2.05, 4.69) is 13.0 Å². The maximum Gasteiger partial charge on any atom is 0.262 e. The number of benzene rings is 2. The molecule has 1 heterocycles. The molecule has 1 amide bonds. The molecule has 7 heteroatoms. The Morgan fingerprint density at radius 3 is 2.39 bits per heavy atom. The van der Waals surface area contributed by atoms with Crippen LogP contribution in [0.1, 0.15) is 43.7 Å². The minimum absolute atomic E-state index is 0.0405. The van der Waals surface area contributed by atoms with Crippen LogP contribution in [0.5, 0.6) is 11.5 Å². The second-order valence-electron chi connectivity index (χ2n) is 9.21. The number of aliphatic imine (C=N–C) groups is 1. The molecule has 2 aromatic rings. The van der Waals surface area contributed by atoms with Crippen LogP contribution in [0.15, 0.2) is 41.4 Å². The zero-order valence-electron chi connectivity index (χ0n) is 17.6. The lowest BCUT2D eigenvalue weighted by Crippen LogP contribution is -2.50. The molecule has 1 unspecified atom stereocenters. The first-order valence-corrected chi connectivity index (χ1v) is 11.4. The van der Waals surface area contributed by atoms with Crippen LogP contribution in [0, 0.1) is 11.3 Å². The lowest BCUT2D eigenvalue weighted by Gasteiger charge is -2.44. The Morgan fingerprint density at radius 1 is 1.10 bits per heavy atom. The lowest BCUT2D eigenvalue weighted by molar-refractivity contribution is -0.136. The predicted octanol–water partition coefficient (Wildman–Crippen LogP) is 5.52. The van der Waals surface area contributed by atoms with Crippen molar-refractivity contribution in [2.24, 2.45) is 22.1 Å². The Kier molecular flexibility index (Phi) is 4.76. The van der Waals surface area contributed by atoms with E-state index >= 15 is 0 Å². The summed E-state index contributed by atoms with van der Waals surface area (Å²) >= 11 is 12.2. The molecular formula is C24H25Cl2N3O2. The number of hydrogen-bond acceptors (Lipinski definition) is 4. The molecule has 1 atom stereocenters. The summed E-state index contributed by atoms with van der Waals surface area (Å²) in [6.07, 6.45) is 4.92. The minimum atomic E-state index is -0.980. The molecule has 1 aliphatic heterocycles. The first kappa shape index (κ1) is 20.7. The first-order valence-electron chi connectivity index (χ1n) is 10.6. The number of likely N-dealkylation sites (N-methyl/N-ethyl adjacent to an activating group) is 1. The smallest absolute Gasteiger partial charge is 0.262 e. The fourth-order valence-corrected chi connectivity index (χ4v) is 6.13. The van der Waals surface area contributed by atoms with E-state index in [0.29, 0.717) is 27.5 Å². The average molecular weight is 458 g/mol. The van der Waals surface area contributed by atoms with Crippen LogP contribution in [0.3, 0.4) is 0 Å². The van der Waals surface area contributed by atoms with E-state index in [4.69, 9.17) is 38.7 Å². The number of guanidine groups is 1. The van der Waals surface area contributed by atoms with Crippen LogP contribution in [0.2, 0.25) is 10.0 Å². The molecule has 1 fully saturated rings. The van der Waals surface area contributed by atoms with Crippen molar-refractivity contribution in [2.45, 2.75) is 44.6 Å². The van der Waals surface area contributed by atoms with Crippen LogP contribution in [-0.2, 0) is 16.8 Å². The normalized spacial score (nSPS) is 29.5. The van der Waals surface area contributed by atoms with Crippen molar-refractivity contribution in [1.29, 1.82) is 0 Å². The van der Waals surface area contributed by atoms with Gasteiger partial charge in [-0.1, -0.05) is 49.0 Å². The molecule has 2 aromatic carbocycles. The van der Waals surface area contributed by atoms with Crippen molar-refractivity contribution < 1.29 is 9.53 Å². The number of rotatable bonds is 2. The summed E-state index contributed by atoms with van der Waals surface area (Å²) in [5.74, 6) is 2.07. The van der Waals surface area contributed by atoms with Gasteiger partial charge in [0.1, 0.15) is 11.5 Å². The van der Waals surface area contributed by atoms with Gasteiger partial charge in [0.05, 0.1) is 0 Å². The predicted molar refractivity (Wildman–Crippen MR) is 123 cm³/mol. The van der Waals surface area contributed by atoms with E-state index in [1.54, 1.807) is 25.2 Å². The molecule has 2 N–H and O–H groups in total. The van der Waals surface area contributed by atoms with Crippen molar-refractivity contribution >= 4 is 35.1 Å². The zero-order chi connectivity index (χ0) is 22.0. The number of ether oxygens (including phenoxy) is 1. The van der Waals surface area contributed by atoms with Crippen LogP contribution in [0.25, 0.3) is 0 Å². The number of nitrogens with zero attached hydrogens (tertiary/aromatic N) is 2. The Labute approximate surface area is 192 Å². The third-order valence-electron chi connectivity index (χ3n) is 7.31. The van der Waals surface area contributed by atoms with E-state index in [0.717, 1.165) is 43.2 Å². The molecule has 162 valence electrons. The number of amides is 1. The van der Waals surface area contributed by atoms with E-state index in [-0.39, 0.29) is 17.3 Å². The second kappa shape index (κ2) is 7.14. The van der Waals surface area contributed by atoms with Gasteiger partial charge in [-0.15, -0.1) is 0 Å². The summed E-state index contributed by atoms with van der Waals surface area (Å²) in [5.41, 5.74) is 7.02. The Hall–Kier alpha value is -2.24. The number of carbonyl (C=O) groups is 1. The van der Waals surface area contributed by atoms with Gasteiger partial charge in [0.15, 0.2) is 11.5 Å². The quantitative estimate of drug-likeness (QED) is 0.645. The maximum absolute atomic E-state index is 13.7. The minimum Gasteiger partial charge on any atom is -0.457 e. The van der Waals surface area contributed by atoms with Gasteiger partial charge in [0, 0.05) is 22.5 Å². The molecule has 31 heavy (non-hydrogen) atoms. The summed E-state index contributed by atoms with van der Waals surface area (Å²) in [5, 5.41) is 1.00. The molecule has 2 aliphatic carbocycles. The molecule has 0 aromatic heterocycles. The highest BCUT2D eigenvalue weighted by atomic mass is 35.5. The highest BCUT2D eigenvalue weighted by Gasteiger charge is 2.66. The molecule has 0 bridgehead atoms. The summed E-state index contributed by atoms with van der Waals surface area (Å²) in [4.78, 5) is 20.0. The van der Waals surface area contributed by atoms with Crippen molar-refractivity contribution in [1.82, 2.24) is 4.90 Å². The number of carbonyl (C=O) groups excluding carboxylic acids is 1. The molecule has 3 aliphatic rings. The van der Waals surface area contributed by atoms with Gasteiger partial charge in [0.2, 0.25) is 0 Å². The number of halogens is 2. The van der Waals surface area contributed by atoms with Gasteiger partial charge in [-0.05, 0) is 66.6 Å². The molecule has 0 radical (unpaired) electrons. The monoisotopic (exact) mass is 457 g/mol. The average Bonchev–Trinajstić information content (AvgIpc) is 3.11. The van der Waals surface area contributed by atoms with Gasteiger partial charge in [0.25, 0.3) is 5.91 Å². The third-order valence-corrected chi connectivity index (χ3v) is 7.75. The van der Waals surface area contributed by atoms with E-state index < -0.39 is 5.54 Å². The molecule has 5 nitrogen and oxygen atoms in total. The molecule has 0 saturated heterocycles. The summed E-state index contributed by atoms with van der Waals surface area (Å²) in [6.45, 7) is 2.28. The first-order chi connectivity index (χ1) is 14.7. The van der Waals surface area contributed by atoms with Gasteiger partial charge >= 0.3 is 0 Å². The standard InChI is InChI=1S/C24H25Cl2N3O2/c1-14-5-7-23(8-6-14)13-15-3-4-18(31-19-10-16(25)9-17(26)11-19)12-20(15)24(23)21(30)29(2)22(27)28-24/h3-4,9-12,14H,5-8,13H2,1-2H3,(H2,27,28). The van der Waals surface area contributed by atoms with Gasteiger partial charge in [-0.2, -0.15) is 0 Å². The molecule has 1 saturated carbocycles. The van der Waals surface area contributed by atoms with Crippen LogP contribution in [0.4, 0.5) is 0 Å². The van der Waals surface area contributed by atoms with Crippen molar-refractivity contribution in [3.05, 3.63) is 57.6 Å². The Balaban J connectivity index is 1.61. The van der Waals surface area contributed by atoms with Gasteiger partial charge in [-0.25, -0.2) is 4.99 Å². The van der Waals surface area contributed by atoms with Crippen LogP contribution < -0.4 is 10.5 Å². The Bertz CT molecular complexity index is 1090. The van der Waals surface area contributed by atoms with Crippen molar-refractivity contribution in [3.63, 3.8) is 0 Å². The van der Waals surface area contributed by atoms with Crippen molar-refractivity contribution in [2.75, 3.05) is 7.05 Å². The molecular weight excluding hydrogens is 433 g/mol. The van der Waals surface area contributed by atoms with E-state index in [1.165, 1.54) is 4.90 Å². The molecule has 5 rings (SSSR count). The van der Waals surface area contributed by atoms with E-state index in [1.807, 2.05) is 12.1 Å². The molecule has 2 spiro atoms. The second-order valence-corrected chi connectivity index (χ2v) is 10.1. The SMILES string of the molecule is CC1CCC2(CC1)Cc1ccc(Oc3cc(Cl)cc(Cl)c3)cc1C21N=C(N)N(C)C1=O. The lowest BCUT2D eigenvalue weighted by atomic mass is 9.60. The highest BCUT2D eigenvalue weighted by Crippen LogP contribution is 2.62. The zero-order valence-corrected chi connectivity index (χ0v) is 19.1. The summed E-state index contributed by atoms with van der Waals surface area (Å²) in [7, 11) is 1.71. The largest absolute Gasteiger partial charge is 0.457 e. The Morgan fingerprint density at radius 2 is 1.77 bits per heavy atom. The third kappa shape index (κ3) is 3.05. The fraction of sp³-hybridized carbons (Fsp3) is 0.417. The van der Waals surface area contributed by atoms with Crippen LogP contribution >= 0.6 is 23.2 Å². The topological polar surface area (TPSA) is 67.9 Å².